The first-order valence-corrected chi connectivity index (χ1v) is 24.1. The predicted octanol–water partition coefficient (Wildman–Crippen LogP) is 13.1. The highest BCUT2D eigenvalue weighted by Crippen LogP contribution is 2.41. The van der Waals surface area contributed by atoms with Crippen LogP contribution in [0.5, 0.6) is 11.5 Å². The highest BCUT2D eigenvalue weighted by atomic mass is 28.3. The first-order chi connectivity index (χ1) is 27.7. The Balaban J connectivity index is 1.27. The zero-order valence-electron chi connectivity index (χ0n) is 36.6. The monoisotopic (exact) mass is 793 g/mol. The molecule has 7 aromatic rings. The molecule has 59 heavy (non-hydrogen) atoms. The fourth-order valence-electron chi connectivity index (χ4n) is 7.96. The zero-order valence-corrected chi connectivity index (χ0v) is 37.6. The number of aromatic nitrogens is 2. The summed E-state index contributed by atoms with van der Waals surface area (Å²) < 4.78 is 13.4. The summed E-state index contributed by atoms with van der Waals surface area (Å²) >= 11 is 0. The van der Waals surface area contributed by atoms with E-state index in [1.807, 2.05) is 36.5 Å². The molecule has 0 atom stereocenters. The lowest BCUT2D eigenvalue weighted by Gasteiger charge is -2.25. The van der Waals surface area contributed by atoms with Crippen molar-refractivity contribution < 1.29 is 4.74 Å². The van der Waals surface area contributed by atoms with Gasteiger partial charge in [0, 0.05) is 52.5 Å². The van der Waals surface area contributed by atoms with E-state index in [0.29, 0.717) is 11.3 Å². The third kappa shape index (κ3) is 7.44. The van der Waals surface area contributed by atoms with Gasteiger partial charge in [0.1, 0.15) is 17.3 Å². The molecule has 8 rings (SSSR count). The molecule has 1 aliphatic heterocycles. The highest BCUT2D eigenvalue weighted by Gasteiger charge is 2.42. The zero-order chi connectivity index (χ0) is 42.2. The maximum atomic E-state index is 9.79. The van der Waals surface area contributed by atoms with Gasteiger partial charge in [-0.25, -0.2) is 4.98 Å². The van der Waals surface area contributed by atoms with E-state index in [1.54, 1.807) is 0 Å². The maximum Gasteiger partial charge on any atom is 0.503 e. The Labute approximate surface area is 350 Å². The summed E-state index contributed by atoms with van der Waals surface area (Å²) in [4.78, 5) is 4.85. The van der Waals surface area contributed by atoms with Gasteiger partial charge in [0.15, 0.2) is 0 Å². The summed E-state index contributed by atoms with van der Waals surface area (Å²) in [5.41, 5.74) is 10.7. The summed E-state index contributed by atoms with van der Waals surface area (Å²) in [6.45, 7) is 27.6. The third-order valence-corrected chi connectivity index (χ3v) is 13.4. The van der Waals surface area contributed by atoms with Crippen molar-refractivity contribution in [3.63, 3.8) is 0 Å². The second-order valence-corrected chi connectivity index (χ2v) is 25.1. The van der Waals surface area contributed by atoms with Crippen molar-refractivity contribution in [2.24, 2.45) is 0 Å². The van der Waals surface area contributed by atoms with Crippen LogP contribution in [0.1, 0.15) is 84.6 Å². The number of nitriles is 1. The first-order valence-electron chi connectivity index (χ1n) is 20.6. The van der Waals surface area contributed by atoms with Crippen LogP contribution in [0.3, 0.4) is 0 Å². The van der Waals surface area contributed by atoms with E-state index < -0.39 is 8.07 Å². The highest BCUT2D eigenvalue weighted by molar-refractivity contribution is 6.89. The van der Waals surface area contributed by atoms with Gasteiger partial charge in [-0.05, 0) is 90.6 Å². The fraction of sp³-hybridized carbons (Fsp3) is 0.288. The number of ether oxygens (including phenoxy) is 1. The Hall–Kier alpha value is -6.06. The smallest absolute Gasteiger partial charge is 0.457 e. The molecular weight excluding hydrogens is 739 g/mol. The number of fused-ring (bicyclic) bond motifs is 4. The Morgan fingerprint density at radius 2 is 1.31 bits per heavy atom. The molecule has 7 heteroatoms. The van der Waals surface area contributed by atoms with Gasteiger partial charge >= 0.3 is 6.01 Å². The molecule has 5 aromatic carbocycles. The van der Waals surface area contributed by atoms with Crippen LogP contribution < -0.4 is 19.1 Å². The molecule has 0 amide bonds. The number of rotatable bonds is 6. The number of para-hydroxylation sites is 1. The molecular formula is C52H55N5OSi+2. The van der Waals surface area contributed by atoms with Crippen LogP contribution in [0.2, 0.25) is 19.6 Å². The molecule has 296 valence electrons. The summed E-state index contributed by atoms with van der Waals surface area (Å²) in [6, 6.07) is 44.5. The van der Waals surface area contributed by atoms with Gasteiger partial charge in [-0.15, -0.1) is 0 Å². The topological polar surface area (TPSA) is 56.9 Å². The van der Waals surface area contributed by atoms with Gasteiger partial charge < -0.3 is 4.74 Å². The minimum Gasteiger partial charge on any atom is -0.457 e. The largest absolute Gasteiger partial charge is 0.503 e. The van der Waals surface area contributed by atoms with E-state index in [2.05, 4.69) is 187 Å². The van der Waals surface area contributed by atoms with E-state index in [9.17, 15) is 5.26 Å². The van der Waals surface area contributed by atoms with Gasteiger partial charge in [-0.1, -0.05) is 106 Å². The Morgan fingerprint density at radius 3 is 1.97 bits per heavy atom. The second-order valence-electron chi connectivity index (χ2n) is 20.1. The molecule has 0 bridgehead atoms. The van der Waals surface area contributed by atoms with Crippen LogP contribution >= 0.6 is 0 Å². The maximum absolute atomic E-state index is 9.79. The van der Waals surface area contributed by atoms with Crippen molar-refractivity contribution in [3.05, 3.63) is 138 Å². The minimum absolute atomic E-state index is 0.0217. The molecule has 3 heterocycles. The minimum atomic E-state index is -1.80. The summed E-state index contributed by atoms with van der Waals surface area (Å²) in [6.07, 6.45) is 1.88. The van der Waals surface area contributed by atoms with Crippen LogP contribution in [0, 0.1) is 11.3 Å². The van der Waals surface area contributed by atoms with Crippen molar-refractivity contribution in [2.45, 2.75) is 98.2 Å². The lowest BCUT2D eigenvalue weighted by atomic mass is 9.80. The Morgan fingerprint density at radius 1 is 0.627 bits per heavy atom. The lowest BCUT2D eigenvalue weighted by Crippen LogP contribution is -2.39. The number of benzene rings is 5. The Bertz CT molecular complexity index is 2910. The number of hydrogen-bond acceptors (Lipinski definition) is 3. The molecule has 0 aliphatic carbocycles. The number of hydrogen-bond donors (Lipinski definition) is 0. The quantitative estimate of drug-likeness (QED) is 0.124. The molecule has 0 N–H and O–H groups in total. The predicted molar refractivity (Wildman–Crippen MR) is 250 cm³/mol. The van der Waals surface area contributed by atoms with Crippen LogP contribution in [-0.2, 0) is 16.2 Å². The van der Waals surface area contributed by atoms with Gasteiger partial charge in [-0.2, -0.15) is 5.26 Å². The van der Waals surface area contributed by atoms with E-state index >= 15 is 0 Å². The van der Waals surface area contributed by atoms with E-state index in [1.165, 1.54) is 27.6 Å². The lowest BCUT2D eigenvalue weighted by molar-refractivity contribution is 0.483. The van der Waals surface area contributed by atoms with E-state index in [0.717, 1.165) is 50.4 Å². The van der Waals surface area contributed by atoms with Crippen LogP contribution in [-0.4, -0.2) is 23.6 Å². The fourth-order valence-corrected chi connectivity index (χ4v) is 9.50. The van der Waals surface area contributed by atoms with Crippen molar-refractivity contribution in [3.8, 4) is 23.4 Å². The van der Waals surface area contributed by atoms with Crippen LogP contribution in [0.15, 0.2) is 115 Å². The third-order valence-electron chi connectivity index (χ3n) is 11.4. The van der Waals surface area contributed by atoms with Crippen molar-refractivity contribution >= 4 is 63.8 Å². The number of pyridine rings is 1. The average molecular weight is 794 g/mol. The van der Waals surface area contributed by atoms with Crippen LogP contribution in [0.4, 0.5) is 22.7 Å². The first kappa shape index (κ1) is 39.7. The van der Waals surface area contributed by atoms with E-state index in [-0.39, 0.29) is 16.2 Å². The molecule has 0 fully saturated rings. The summed E-state index contributed by atoms with van der Waals surface area (Å²) in [5, 5.41) is 13.2. The normalized spacial score (nSPS) is 13.3. The summed E-state index contributed by atoms with van der Waals surface area (Å²) in [5.74, 6) is 2.25. The molecule has 1 aliphatic rings. The van der Waals surface area contributed by atoms with Crippen molar-refractivity contribution in [1.82, 2.24) is 18.7 Å². The number of nitrogens with zero attached hydrogens (tertiary/aromatic N) is 5. The van der Waals surface area contributed by atoms with Gasteiger partial charge in [-0.3, -0.25) is 4.57 Å². The van der Waals surface area contributed by atoms with Crippen molar-refractivity contribution in [1.29, 1.82) is 5.26 Å². The van der Waals surface area contributed by atoms with Gasteiger partial charge in [0.25, 0.3) is 11.4 Å². The standard InChI is InChI=1S/C52H55N5OSi/c1-50(2,3)35-23-24-54-48(29-35)57-44-22-19-34(32-53)25-43(44)42-21-20-41(31-46(42)57)58-40-16-13-15-38(30-40)55-33-56(49-45(55)17-14-18-47(49)59(10,11)12)39-27-36(51(4,5)6)26-37(28-39)52(7,8)9/h13-31H,1-12H3/q+2. The van der Waals surface area contributed by atoms with Crippen LogP contribution in [0.25, 0.3) is 27.6 Å². The average Bonchev–Trinajstić information content (AvgIpc) is 3.72. The second kappa shape index (κ2) is 14.0. The van der Waals surface area contributed by atoms with Gasteiger partial charge in [0.05, 0.1) is 36.8 Å². The summed E-state index contributed by atoms with van der Waals surface area (Å²) in [7, 11) is -1.80. The molecule has 0 radical (unpaired) electrons. The molecule has 0 spiro atoms. The van der Waals surface area contributed by atoms with Crippen molar-refractivity contribution in [2.75, 3.05) is 0 Å². The van der Waals surface area contributed by atoms with Gasteiger partial charge in [0.2, 0.25) is 11.4 Å². The molecule has 6 nitrogen and oxygen atoms in total. The molecule has 0 unspecified atom stereocenters. The van der Waals surface area contributed by atoms with E-state index in [4.69, 9.17) is 9.72 Å². The SMILES string of the molecule is CC(C)(C)c1cc([N+]2=C=[N+](c3cccc(Oc4ccc5c6cc(C#N)ccc6n(-c6cc(C(C)(C)C)ccn6)c5c4)c3)c3cccc([Si](C)(C)C)c32)cc(C(C)(C)C)c1. The Kier molecular flexibility index (Phi) is 9.46. The molecule has 2 aromatic heterocycles. The molecule has 0 saturated heterocycles. The molecule has 0 saturated carbocycles.